The monoisotopic (exact) mass is 388 g/mol. The van der Waals surface area contributed by atoms with Gasteiger partial charge in [0, 0.05) is 10.0 Å². The quantitative estimate of drug-likeness (QED) is 0.496. The minimum Gasteiger partial charge on any atom is -0.204 e. The van der Waals surface area contributed by atoms with Crippen molar-refractivity contribution in [1.29, 1.82) is 0 Å². The number of hydrazone groups is 1. The largest absolute Gasteiger partial charge is 0.276 e. The number of aryl methyl sites for hydroxylation is 1. The summed E-state index contributed by atoms with van der Waals surface area (Å²) in [7, 11) is -3.86. The van der Waals surface area contributed by atoms with Gasteiger partial charge in [0.2, 0.25) is 0 Å². The Labute approximate surface area is 135 Å². The van der Waals surface area contributed by atoms with Gasteiger partial charge in [-0.3, -0.25) is 0 Å². The molecule has 0 saturated heterocycles. The predicted molar refractivity (Wildman–Crippen MR) is 83.2 cm³/mol. The summed E-state index contributed by atoms with van der Waals surface area (Å²) in [5, 5.41) is 3.48. The van der Waals surface area contributed by atoms with Crippen LogP contribution in [-0.2, 0) is 10.0 Å². The Hall–Kier alpha value is -1.80. The van der Waals surface area contributed by atoms with Crippen molar-refractivity contribution in [1.82, 2.24) is 4.83 Å². The van der Waals surface area contributed by atoms with Gasteiger partial charge in [0.05, 0.1) is 11.1 Å². The summed E-state index contributed by atoms with van der Waals surface area (Å²) in [5.41, 5.74) is 0.722. The highest BCUT2D eigenvalue weighted by Crippen LogP contribution is 2.20. The Morgan fingerprint density at radius 1 is 1.14 bits per heavy atom. The van der Waals surface area contributed by atoms with E-state index >= 15 is 0 Å². The van der Waals surface area contributed by atoms with Crippen LogP contribution in [0.25, 0.3) is 0 Å². The van der Waals surface area contributed by atoms with Gasteiger partial charge in [-0.05, 0) is 31.2 Å². The fourth-order valence-electron chi connectivity index (χ4n) is 1.59. The van der Waals surface area contributed by atoms with Gasteiger partial charge in [0.25, 0.3) is 10.0 Å². The molecule has 0 unspecified atom stereocenters. The topological polar surface area (TPSA) is 58.5 Å². The van der Waals surface area contributed by atoms with E-state index in [1.807, 2.05) is 11.8 Å². The van der Waals surface area contributed by atoms with Crippen molar-refractivity contribution in [2.45, 2.75) is 11.8 Å². The third kappa shape index (κ3) is 3.69. The van der Waals surface area contributed by atoms with E-state index in [4.69, 9.17) is 0 Å². The molecule has 0 heterocycles. The Morgan fingerprint density at radius 3 is 2.41 bits per heavy atom. The number of benzene rings is 2. The molecule has 2 rings (SSSR count). The first-order valence-electron chi connectivity index (χ1n) is 6.06. The van der Waals surface area contributed by atoms with E-state index in [1.165, 1.54) is 18.2 Å². The van der Waals surface area contributed by atoms with E-state index in [0.717, 1.165) is 17.8 Å². The normalized spacial score (nSPS) is 11.8. The second-order valence-electron chi connectivity index (χ2n) is 4.42. The van der Waals surface area contributed by atoms with Crippen LogP contribution in [0, 0.1) is 18.6 Å². The number of nitrogens with one attached hydrogen (secondary N) is 1. The fourth-order valence-corrected chi connectivity index (χ4v) is 2.79. The summed E-state index contributed by atoms with van der Waals surface area (Å²) >= 11 is 3.04. The molecule has 0 spiro atoms. The number of hydrogen-bond acceptors (Lipinski definition) is 3. The molecule has 0 saturated carbocycles. The standard InChI is InChI=1S/C14H11BrF2N2O2S/c1-9-2-4-10(5-3-9)22(20,21)19-18-8-11-12(15)6-7-13(16)14(11)17/h2-8,19H,1H3/b18-8+. The van der Waals surface area contributed by atoms with Crippen molar-refractivity contribution < 1.29 is 17.2 Å². The van der Waals surface area contributed by atoms with Crippen molar-refractivity contribution in [2.24, 2.45) is 5.10 Å². The number of halogens is 3. The highest BCUT2D eigenvalue weighted by Gasteiger charge is 2.13. The van der Waals surface area contributed by atoms with Crippen molar-refractivity contribution in [3.8, 4) is 0 Å². The zero-order chi connectivity index (χ0) is 16.3. The molecule has 8 heteroatoms. The third-order valence-corrected chi connectivity index (χ3v) is 4.71. The highest BCUT2D eigenvalue weighted by atomic mass is 79.9. The van der Waals surface area contributed by atoms with Crippen LogP contribution in [0.3, 0.4) is 0 Å². The van der Waals surface area contributed by atoms with Crippen molar-refractivity contribution in [3.63, 3.8) is 0 Å². The van der Waals surface area contributed by atoms with E-state index in [-0.39, 0.29) is 14.9 Å². The zero-order valence-electron chi connectivity index (χ0n) is 11.3. The molecule has 0 fully saturated rings. The molecule has 0 aliphatic carbocycles. The molecule has 22 heavy (non-hydrogen) atoms. The lowest BCUT2D eigenvalue weighted by atomic mass is 10.2. The second kappa shape index (κ2) is 6.53. The van der Waals surface area contributed by atoms with Crippen LogP contribution in [0.4, 0.5) is 8.78 Å². The first-order chi connectivity index (χ1) is 10.3. The van der Waals surface area contributed by atoms with Gasteiger partial charge in [0.1, 0.15) is 0 Å². The molecule has 2 aromatic rings. The lowest BCUT2D eigenvalue weighted by molar-refractivity contribution is 0.506. The Morgan fingerprint density at radius 2 is 1.77 bits per heavy atom. The molecular formula is C14H11BrF2N2O2S. The maximum absolute atomic E-state index is 13.6. The van der Waals surface area contributed by atoms with Gasteiger partial charge in [-0.15, -0.1) is 0 Å². The summed E-state index contributed by atoms with van der Waals surface area (Å²) in [4.78, 5) is 1.97. The molecule has 0 radical (unpaired) electrons. The van der Waals surface area contributed by atoms with Crippen molar-refractivity contribution >= 4 is 32.2 Å². The smallest absolute Gasteiger partial charge is 0.204 e. The van der Waals surface area contributed by atoms with Crippen molar-refractivity contribution in [2.75, 3.05) is 0 Å². The zero-order valence-corrected chi connectivity index (χ0v) is 13.7. The summed E-state index contributed by atoms with van der Waals surface area (Å²) in [5.74, 6) is -2.17. The van der Waals surface area contributed by atoms with Gasteiger partial charge >= 0.3 is 0 Å². The van der Waals surface area contributed by atoms with Gasteiger partial charge in [-0.1, -0.05) is 33.6 Å². The molecule has 2 aromatic carbocycles. The first kappa shape index (κ1) is 16.6. The lowest BCUT2D eigenvalue weighted by Gasteiger charge is -2.04. The van der Waals surface area contributed by atoms with Gasteiger partial charge in [0.15, 0.2) is 11.6 Å². The SMILES string of the molecule is Cc1ccc(S(=O)(=O)N/N=C/c2c(Br)ccc(F)c2F)cc1. The Kier molecular flexibility index (Phi) is 4.92. The van der Waals surface area contributed by atoms with E-state index in [9.17, 15) is 17.2 Å². The molecule has 0 aliphatic heterocycles. The van der Waals surface area contributed by atoms with Gasteiger partial charge < -0.3 is 0 Å². The molecule has 0 aliphatic rings. The fraction of sp³-hybridized carbons (Fsp3) is 0.0714. The number of hydrogen-bond donors (Lipinski definition) is 1. The Balaban J connectivity index is 2.22. The van der Waals surface area contributed by atoms with E-state index in [1.54, 1.807) is 12.1 Å². The number of sulfonamides is 1. The average molecular weight is 389 g/mol. The minimum atomic E-state index is -3.86. The second-order valence-corrected chi connectivity index (χ2v) is 6.94. The van der Waals surface area contributed by atoms with Crippen LogP contribution in [-0.4, -0.2) is 14.6 Å². The lowest BCUT2D eigenvalue weighted by Crippen LogP contribution is -2.18. The van der Waals surface area contributed by atoms with E-state index < -0.39 is 21.7 Å². The molecule has 0 bridgehead atoms. The maximum atomic E-state index is 13.6. The molecule has 1 N–H and O–H groups in total. The van der Waals surface area contributed by atoms with Crippen LogP contribution >= 0.6 is 15.9 Å². The molecule has 4 nitrogen and oxygen atoms in total. The van der Waals surface area contributed by atoms with E-state index in [2.05, 4.69) is 21.0 Å². The summed E-state index contributed by atoms with van der Waals surface area (Å²) in [6, 6.07) is 8.38. The third-order valence-electron chi connectivity index (χ3n) is 2.78. The summed E-state index contributed by atoms with van der Waals surface area (Å²) < 4.78 is 50.9. The van der Waals surface area contributed by atoms with Crippen molar-refractivity contribution in [3.05, 3.63) is 63.6 Å². The molecule has 0 atom stereocenters. The maximum Gasteiger partial charge on any atom is 0.276 e. The molecule has 0 aromatic heterocycles. The van der Waals surface area contributed by atoms with Gasteiger partial charge in [-0.2, -0.15) is 13.5 Å². The van der Waals surface area contributed by atoms with Crippen LogP contribution < -0.4 is 4.83 Å². The summed E-state index contributed by atoms with van der Waals surface area (Å²) in [6.45, 7) is 1.83. The van der Waals surface area contributed by atoms with Crippen LogP contribution in [0.5, 0.6) is 0 Å². The summed E-state index contributed by atoms with van der Waals surface area (Å²) in [6.07, 6.45) is 0.897. The molecular weight excluding hydrogens is 378 g/mol. The Bertz CT molecular complexity index is 821. The molecule has 116 valence electrons. The van der Waals surface area contributed by atoms with Gasteiger partial charge in [-0.25, -0.2) is 13.6 Å². The van der Waals surface area contributed by atoms with Crippen LogP contribution in [0.2, 0.25) is 0 Å². The average Bonchev–Trinajstić information content (AvgIpc) is 2.47. The first-order valence-corrected chi connectivity index (χ1v) is 8.34. The van der Waals surface area contributed by atoms with E-state index in [0.29, 0.717) is 0 Å². The predicted octanol–water partition coefficient (Wildman–Crippen LogP) is 3.35. The van der Waals surface area contributed by atoms with Crippen LogP contribution in [0.15, 0.2) is 50.9 Å². The van der Waals surface area contributed by atoms with Crippen LogP contribution in [0.1, 0.15) is 11.1 Å². The minimum absolute atomic E-state index is 0.0222. The number of nitrogens with zero attached hydrogens (tertiary/aromatic N) is 1. The molecule has 0 amide bonds. The number of rotatable bonds is 4. The highest BCUT2D eigenvalue weighted by molar-refractivity contribution is 9.10.